The summed E-state index contributed by atoms with van der Waals surface area (Å²) >= 11 is 0. The highest BCUT2D eigenvalue weighted by atomic mass is 16.2. The van der Waals surface area contributed by atoms with Crippen LogP contribution in [-0.4, -0.2) is 22.8 Å². The van der Waals surface area contributed by atoms with E-state index in [0.29, 0.717) is 13.1 Å². The third-order valence-corrected chi connectivity index (χ3v) is 4.72. The first kappa shape index (κ1) is 20.7. The zero-order valence-corrected chi connectivity index (χ0v) is 17.0. The molecule has 0 saturated carbocycles. The van der Waals surface area contributed by atoms with Crippen LogP contribution in [0.2, 0.25) is 0 Å². The van der Waals surface area contributed by atoms with Gasteiger partial charge in [-0.05, 0) is 45.7 Å². The number of amides is 2. The third-order valence-electron chi connectivity index (χ3n) is 4.72. The largest absolute Gasteiger partial charge is 0.351 e. The van der Waals surface area contributed by atoms with Crippen molar-refractivity contribution in [3.63, 3.8) is 0 Å². The summed E-state index contributed by atoms with van der Waals surface area (Å²) in [6, 6.07) is 17.8. The van der Waals surface area contributed by atoms with E-state index in [-0.39, 0.29) is 17.9 Å². The Balaban J connectivity index is 2.09. The predicted molar refractivity (Wildman–Crippen MR) is 109 cm³/mol. The number of carbonyl (C=O) groups is 2. The number of carbonyl (C=O) groups excluding carboxylic acids is 2. The first-order chi connectivity index (χ1) is 12.7. The molecule has 4 nitrogen and oxygen atoms in total. The SMILES string of the molecule is Cc1cccc(CNC(=O)C(C)(C)C(=O)N(Cc2ccccc2)C(C)C)c1. The minimum absolute atomic E-state index is 0.00144. The molecule has 2 aromatic rings. The van der Waals surface area contributed by atoms with E-state index in [1.165, 1.54) is 0 Å². The average Bonchev–Trinajstić information content (AvgIpc) is 2.64. The zero-order valence-electron chi connectivity index (χ0n) is 17.0. The molecule has 0 aliphatic heterocycles. The second-order valence-corrected chi connectivity index (χ2v) is 7.81. The van der Waals surface area contributed by atoms with Gasteiger partial charge >= 0.3 is 0 Å². The number of aryl methyl sites for hydroxylation is 1. The van der Waals surface area contributed by atoms with Crippen molar-refractivity contribution in [2.75, 3.05) is 0 Å². The van der Waals surface area contributed by atoms with Gasteiger partial charge in [0.05, 0.1) is 0 Å². The molecule has 2 amide bonds. The molecule has 0 aliphatic rings. The third kappa shape index (κ3) is 5.43. The van der Waals surface area contributed by atoms with Gasteiger partial charge in [-0.3, -0.25) is 9.59 Å². The normalized spacial score (nSPS) is 11.3. The number of hydrogen-bond acceptors (Lipinski definition) is 2. The molecule has 0 saturated heterocycles. The Labute approximate surface area is 162 Å². The van der Waals surface area contributed by atoms with Crippen LogP contribution in [0.15, 0.2) is 54.6 Å². The maximum atomic E-state index is 13.2. The summed E-state index contributed by atoms with van der Waals surface area (Å²) < 4.78 is 0. The van der Waals surface area contributed by atoms with Crippen molar-refractivity contribution in [2.24, 2.45) is 5.41 Å². The Kier molecular flexibility index (Phi) is 6.78. The minimum Gasteiger partial charge on any atom is -0.351 e. The number of benzene rings is 2. The van der Waals surface area contributed by atoms with Gasteiger partial charge in [0.15, 0.2) is 0 Å². The van der Waals surface area contributed by atoms with Crippen molar-refractivity contribution >= 4 is 11.8 Å². The van der Waals surface area contributed by atoms with Crippen LogP contribution in [-0.2, 0) is 22.7 Å². The lowest BCUT2D eigenvalue weighted by atomic mass is 9.89. The Morgan fingerprint density at radius 3 is 2.22 bits per heavy atom. The minimum atomic E-state index is -1.14. The molecule has 144 valence electrons. The maximum Gasteiger partial charge on any atom is 0.238 e. The highest BCUT2D eigenvalue weighted by Crippen LogP contribution is 2.23. The van der Waals surface area contributed by atoms with Crippen LogP contribution in [0, 0.1) is 12.3 Å². The van der Waals surface area contributed by atoms with Crippen molar-refractivity contribution in [2.45, 2.75) is 53.8 Å². The molecule has 0 fully saturated rings. The molecule has 0 unspecified atom stereocenters. The molecule has 27 heavy (non-hydrogen) atoms. The van der Waals surface area contributed by atoms with Gasteiger partial charge in [-0.15, -0.1) is 0 Å². The Hall–Kier alpha value is -2.62. The Morgan fingerprint density at radius 1 is 1.00 bits per heavy atom. The van der Waals surface area contributed by atoms with Gasteiger partial charge in [0.1, 0.15) is 5.41 Å². The average molecular weight is 367 g/mol. The van der Waals surface area contributed by atoms with E-state index in [2.05, 4.69) is 5.32 Å². The monoisotopic (exact) mass is 366 g/mol. The van der Waals surface area contributed by atoms with Crippen LogP contribution in [0.25, 0.3) is 0 Å². The zero-order chi connectivity index (χ0) is 20.0. The molecular formula is C23H30N2O2. The van der Waals surface area contributed by atoms with E-state index < -0.39 is 5.41 Å². The molecular weight excluding hydrogens is 336 g/mol. The van der Waals surface area contributed by atoms with Crippen molar-refractivity contribution in [1.82, 2.24) is 10.2 Å². The summed E-state index contributed by atoms with van der Waals surface area (Å²) in [6.07, 6.45) is 0. The van der Waals surface area contributed by atoms with Gasteiger partial charge in [-0.1, -0.05) is 60.2 Å². The molecule has 2 rings (SSSR count). The molecule has 2 aromatic carbocycles. The molecule has 0 heterocycles. The Morgan fingerprint density at radius 2 is 1.63 bits per heavy atom. The summed E-state index contributed by atoms with van der Waals surface area (Å²) in [5.41, 5.74) is 2.08. The van der Waals surface area contributed by atoms with E-state index >= 15 is 0 Å². The predicted octanol–water partition coefficient (Wildman–Crippen LogP) is 4.07. The lowest BCUT2D eigenvalue weighted by Crippen LogP contribution is -2.51. The number of rotatable bonds is 7. The van der Waals surface area contributed by atoms with E-state index in [0.717, 1.165) is 16.7 Å². The van der Waals surface area contributed by atoms with Gasteiger partial charge in [-0.2, -0.15) is 0 Å². The molecule has 4 heteroatoms. The number of hydrogen-bond donors (Lipinski definition) is 1. The van der Waals surface area contributed by atoms with Gasteiger partial charge in [0, 0.05) is 19.1 Å². The van der Waals surface area contributed by atoms with Gasteiger partial charge in [-0.25, -0.2) is 0 Å². The van der Waals surface area contributed by atoms with Crippen LogP contribution >= 0.6 is 0 Å². The summed E-state index contributed by atoms with van der Waals surface area (Å²) in [4.78, 5) is 27.7. The van der Waals surface area contributed by atoms with Crippen LogP contribution in [0.4, 0.5) is 0 Å². The lowest BCUT2D eigenvalue weighted by molar-refractivity contribution is -0.150. The van der Waals surface area contributed by atoms with Crippen LogP contribution in [0.3, 0.4) is 0 Å². The number of nitrogens with zero attached hydrogens (tertiary/aromatic N) is 1. The van der Waals surface area contributed by atoms with Crippen LogP contribution in [0.1, 0.15) is 44.4 Å². The molecule has 0 spiro atoms. The van der Waals surface area contributed by atoms with Crippen molar-refractivity contribution in [1.29, 1.82) is 0 Å². The molecule has 0 bridgehead atoms. The van der Waals surface area contributed by atoms with E-state index in [9.17, 15) is 9.59 Å². The lowest BCUT2D eigenvalue weighted by Gasteiger charge is -2.34. The van der Waals surface area contributed by atoms with E-state index in [4.69, 9.17) is 0 Å². The molecule has 0 atom stereocenters. The summed E-state index contributed by atoms with van der Waals surface area (Å²) in [7, 11) is 0. The fourth-order valence-corrected chi connectivity index (χ4v) is 2.95. The molecule has 1 N–H and O–H groups in total. The van der Waals surface area contributed by atoms with Gasteiger partial charge in [0.2, 0.25) is 11.8 Å². The standard InChI is InChI=1S/C23H30N2O2/c1-17(2)25(16-19-11-7-6-8-12-19)22(27)23(4,5)21(26)24-15-20-13-9-10-18(3)14-20/h6-14,17H,15-16H2,1-5H3,(H,24,26). The maximum absolute atomic E-state index is 13.2. The van der Waals surface area contributed by atoms with Crippen molar-refractivity contribution < 1.29 is 9.59 Å². The van der Waals surface area contributed by atoms with Gasteiger partial charge in [0.25, 0.3) is 0 Å². The molecule has 0 aliphatic carbocycles. The van der Waals surface area contributed by atoms with Gasteiger partial charge < -0.3 is 10.2 Å². The fraction of sp³-hybridized carbons (Fsp3) is 0.391. The van der Waals surface area contributed by atoms with Crippen LogP contribution < -0.4 is 5.32 Å². The van der Waals surface area contributed by atoms with Crippen molar-refractivity contribution in [3.05, 3.63) is 71.3 Å². The fourth-order valence-electron chi connectivity index (χ4n) is 2.95. The van der Waals surface area contributed by atoms with E-state index in [1.54, 1.807) is 18.7 Å². The highest BCUT2D eigenvalue weighted by molar-refractivity contribution is 6.04. The smallest absolute Gasteiger partial charge is 0.238 e. The first-order valence-electron chi connectivity index (χ1n) is 9.40. The van der Waals surface area contributed by atoms with E-state index in [1.807, 2.05) is 75.4 Å². The number of nitrogens with one attached hydrogen (secondary N) is 1. The topological polar surface area (TPSA) is 49.4 Å². The summed E-state index contributed by atoms with van der Waals surface area (Å²) in [5.74, 6) is -0.421. The quantitative estimate of drug-likeness (QED) is 0.751. The summed E-state index contributed by atoms with van der Waals surface area (Å²) in [6.45, 7) is 10.3. The Bertz CT molecular complexity index is 782. The first-order valence-corrected chi connectivity index (χ1v) is 9.40. The molecule has 0 radical (unpaired) electrons. The highest BCUT2D eigenvalue weighted by Gasteiger charge is 2.39. The molecule has 0 aromatic heterocycles. The second-order valence-electron chi connectivity index (χ2n) is 7.81. The summed E-state index contributed by atoms with van der Waals surface area (Å²) in [5, 5.41) is 2.92. The van der Waals surface area contributed by atoms with Crippen molar-refractivity contribution in [3.8, 4) is 0 Å². The second kappa shape index (κ2) is 8.85. The van der Waals surface area contributed by atoms with Crippen LogP contribution in [0.5, 0.6) is 0 Å².